The lowest BCUT2D eigenvalue weighted by molar-refractivity contribution is -0.119. The van der Waals surface area contributed by atoms with E-state index in [4.69, 9.17) is 0 Å². The van der Waals surface area contributed by atoms with Gasteiger partial charge >= 0.3 is 0 Å². The highest BCUT2D eigenvalue weighted by Crippen LogP contribution is 2.42. The Morgan fingerprint density at radius 2 is 2.18 bits per heavy atom. The van der Waals surface area contributed by atoms with Crippen LogP contribution in [0.5, 0.6) is 0 Å². The van der Waals surface area contributed by atoms with Crippen LogP contribution in [0.15, 0.2) is 45.2 Å². The highest BCUT2D eigenvalue weighted by atomic mass is 16.1. The van der Waals surface area contributed by atoms with Crippen LogP contribution in [0.2, 0.25) is 0 Å². The van der Waals surface area contributed by atoms with Crippen molar-refractivity contribution in [2.45, 2.75) is 5.92 Å². The van der Waals surface area contributed by atoms with Crippen molar-refractivity contribution in [1.82, 2.24) is 4.90 Å². The molecule has 0 bridgehead atoms. The number of hydrogen-bond donors (Lipinski definition) is 0. The molecule has 1 aromatic carbocycles. The lowest BCUT2D eigenvalue weighted by Crippen LogP contribution is -2.34. The first-order valence-corrected chi connectivity index (χ1v) is 5.43. The summed E-state index contributed by atoms with van der Waals surface area (Å²) in [5, 5.41) is 7.78. The lowest BCUT2D eigenvalue weighted by Gasteiger charge is -2.26. The van der Waals surface area contributed by atoms with Gasteiger partial charge in [-0.05, 0) is 17.2 Å². The molecule has 5 heteroatoms. The standard InChI is InChI=1S/C12H8N4O/c17-11-10-8-4-2-1-3-7(8)5-9(10)16-6-13-15-12(16)14-11/h1-5,10H,6H2. The fourth-order valence-corrected chi connectivity index (χ4v) is 2.52. The molecular weight excluding hydrogens is 216 g/mol. The second-order valence-corrected chi connectivity index (χ2v) is 4.19. The molecule has 1 amide bonds. The summed E-state index contributed by atoms with van der Waals surface area (Å²) < 4.78 is 0. The van der Waals surface area contributed by atoms with Crippen LogP contribution in [0.3, 0.4) is 0 Å². The number of carbonyl (C=O) groups is 1. The highest BCUT2D eigenvalue weighted by Gasteiger charge is 2.41. The Labute approximate surface area is 97.2 Å². The van der Waals surface area contributed by atoms with Crippen molar-refractivity contribution in [2.75, 3.05) is 6.67 Å². The van der Waals surface area contributed by atoms with Gasteiger partial charge in [-0.25, -0.2) is 0 Å². The van der Waals surface area contributed by atoms with Crippen molar-refractivity contribution < 1.29 is 4.79 Å². The molecule has 17 heavy (non-hydrogen) atoms. The van der Waals surface area contributed by atoms with E-state index >= 15 is 0 Å². The molecule has 0 N–H and O–H groups in total. The summed E-state index contributed by atoms with van der Waals surface area (Å²) in [5.74, 6) is 0.0112. The molecule has 1 unspecified atom stereocenters. The molecule has 0 spiro atoms. The lowest BCUT2D eigenvalue weighted by atomic mass is 9.97. The van der Waals surface area contributed by atoms with E-state index in [-0.39, 0.29) is 11.8 Å². The maximum absolute atomic E-state index is 12.0. The third kappa shape index (κ3) is 1.03. The summed E-state index contributed by atoms with van der Waals surface area (Å²) >= 11 is 0. The van der Waals surface area contributed by atoms with Crippen molar-refractivity contribution in [2.24, 2.45) is 15.2 Å². The van der Waals surface area contributed by atoms with Crippen LogP contribution in [0.4, 0.5) is 0 Å². The summed E-state index contributed by atoms with van der Waals surface area (Å²) in [7, 11) is 0. The Balaban J connectivity index is 1.93. The first kappa shape index (κ1) is 8.81. The predicted molar refractivity (Wildman–Crippen MR) is 61.2 cm³/mol. The molecular formula is C12H8N4O. The molecule has 1 aromatic rings. The van der Waals surface area contributed by atoms with Crippen molar-refractivity contribution in [3.8, 4) is 0 Å². The topological polar surface area (TPSA) is 57.4 Å². The van der Waals surface area contributed by atoms with E-state index in [1.54, 1.807) is 0 Å². The Morgan fingerprint density at radius 3 is 3.12 bits per heavy atom. The van der Waals surface area contributed by atoms with Gasteiger partial charge in [0.1, 0.15) is 12.6 Å². The molecule has 0 saturated carbocycles. The van der Waals surface area contributed by atoms with Gasteiger partial charge in [-0.2, -0.15) is 10.1 Å². The van der Waals surface area contributed by atoms with E-state index in [0.717, 1.165) is 16.8 Å². The number of benzene rings is 1. The zero-order chi connectivity index (χ0) is 11.4. The fourth-order valence-electron chi connectivity index (χ4n) is 2.52. The largest absolute Gasteiger partial charge is 0.290 e. The SMILES string of the molecule is O=C1N=C2N=NCN2C2=Cc3ccccc3C12. The van der Waals surface area contributed by atoms with E-state index in [0.29, 0.717) is 12.6 Å². The molecule has 0 radical (unpaired) electrons. The van der Waals surface area contributed by atoms with Crippen molar-refractivity contribution in [3.05, 3.63) is 41.1 Å². The van der Waals surface area contributed by atoms with Crippen molar-refractivity contribution >= 4 is 17.9 Å². The van der Waals surface area contributed by atoms with Crippen molar-refractivity contribution in [1.29, 1.82) is 0 Å². The van der Waals surface area contributed by atoms with Crippen molar-refractivity contribution in [3.63, 3.8) is 0 Å². The zero-order valence-corrected chi connectivity index (χ0v) is 8.87. The van der Waals surface area contributed by atoms with E-state index in [1.165, 1.54) is 0 Å². The van der Waals surface area contributed by atoms with E-state index in [1.807, 2.05) is 35.2 Å². The number of nitrogens with zero attached hydrogens (tertiary/aromatic N) is 4. The first-order chi connectivity index (χ1) is 8.34. The number of amides is 1. The molecule has 2 heterocycles. The van der Waals surface area contributed by atoms with Gasteiger partial charge in [0.05, 0.1) is 0 Å². The molecule has 5 nitrogen and oxygen atoms in total. The maximum atomic E-state index is 12.0. The van der Waals surface area contributed by atoms with Gasteiger partial charge in [-0.3, -0.25) is 9.69 Å². The minimum absolute atomic E-state index is 0.145. The minimum atomic E-state index is -0.265. The highest BCUT2D eigenvalue weighted by molar-refractivity contribution is 6.05. The summed E-state index contributed by atoms with van der Waals surface area (Å²) in [5.41, 5.74) is 3.07. The zero-order valence-electron chi connectivity index (χ0n) is 8.87. The van der Waals surface area contributed by atoms with Crippen LogP contribution in [-0.4, -0.2) is 23.4 Å². The van der Waals surface area contributed by atoms with Gasteiger partial charge in [0.15, 0.2) is 0 Å². The number of fused-ring (bicyclic) bond motifs is 5. The number of aliphatic imine (C=N–C) groups is 1. The predicted octanol–water partition coefficient (Wildman–Crippen LogP) is 1.75. The Bertz CT molecular complexity index is 629. The van der Waals surface area contributed by atoms with Gasteiger partial charge < -0.3 is 0 Å². The number of azo groups is 1. The molecule has 1 aliphatic carbocycles. The molecule has 2 aliphatic heterocycles. The third-order valence-electron chi connectivity index (χ3n) is 3.28. The summed E-state index contributed by atoms with van der Waals surface area (Å²) in [6.07, 6.45) is 2.03. The number of rotatable bonds is 0. The number of hydrogen-bond acceptors (Lipinski definition) is 4. The quantitative estimate of drug-likeness (QED) is 0.674. The second kappa shape index (κ2) is 2.88. The number of carbonyl (C=O) groups excluding carboxylic acids is 1. The summed E-state index contributed by atoms with van der Waals surface area (Å²) in [6, 6.07) is 7.91. The average Bonchev–Trinajstić information content (AvgIpc) is 2.91. The Hall–Kier alpha value is -2.30. The molecule has 82 valence electrons. The average molecular weight is 224 g/mol. The van der Waals surface area contributed by atoms with Crippen LogP contribution >= 0.6 is 0 Å². The van der Waals surface area contributed by atoms with E-state index < -0.39 is 0 Å². The second-order valence-electron chi connectivity index (χ2n) is 4.19. The molecule has 0 aromatic heterocycles. The third-order valence-corrected chi connectivity index (χ3v) is 3.28. The Kier molecular flexibility index (Phi) is 1.49. The van der Waals surface area contributed by atoms with Crippen LogP contribution in [0.1, 0.15) is 17.0 Å². The van der Waals surface area contributed by atoms with Crippen LogP contribution in [-0.2, 0) is 4.79 Å². The molecule has 1 atom stereocenters. The van der Waals surface area contributed by atoms with E-state index in [9.17, 15) is 4.79 Å². The van der Waals surface area contributed by atoms with Crippen LogP contribution in [0, 0.1) is 0 Å². The smallest absolute Gasteiger partial charge is 0.262 e. The molecule has 0 fully saturated rings. The molecule has 4 rings (SSSR count). The van der Waals surface area contributed by atoms with E-state index in [2.05, 4.69) is 15.2 Å². The fraction of sp³-hybridized carbons (Fsp3) is 0.167. The Morgan fingerprint density at radius 1 is 1.29 bits per heavy atom. The maximum Gasteiger partial charge on any atom is 0.262 e. The molecule has 0 saturated heterocycles. The summed E-state index contributed by atoms with van der Waals surface area (Å²) in [6.45, 7) is 0.461. The summed E-state index contributed by atoms with van der Waals surface area (Å²) in [4.78, 5) is 17.9. The van der Waals surface area contributed by atoms with Gasteiger partial charge in [0.25, 0.3) is 11.9 Å². The van der Waals surface area contributed by atoms with Crippen LogP contribution in [0.25, 0.3) is 6.08 Å². The monoisotopic (exact) mass is 224 g/mol. The van der Waals surface area contributed by atoms with Gasteiger partial charge in [-0.15, -0.1) is 5.11 Å². The van der Waals surface area contributed by atoms with Gasteiger partial charge in [0, 0.05) is 5.70 Å². The van der Waals surface area contributed by atoms with Crippen LogP contribution < -0.4 is 0 Å². The number of guanidine groups is 1. The van der Waals surface area contributed by atoms with Gasteiger partial charge in [0.2, 0.25) is 0 Å². The first-order valence-electron chi connectivity index (χ1n) is 5.43. The molecule has 3 aliphatic rings. The normalized spacial score (nSPS) is 24.1. The van der Waals surface area contributed by atoms with Gasteiger partial charge in [-0.1, -0.05) is 24.3 Å². The minimum Gasteiger partial charge on any atom is -0.290 e.